The van der Waals surface area contributed by atoms with Crippen molar-refractivity contribution in [1.82, 2.24) is 15.2 Å². The van der Waals surface area contributed by atoms with E-state index in [-0.39, 0.29) is 30.7 Å². The second-order valence-corrected chi connectivity index (χ2v) is 5.70. The van der Waals surface area contributed by atoms with E-state index in [0.717, 1.165) is 36.8 Å². The number of carbonyl (C=O) groups excluding carboxylic acids is 1. The number of piperidine rings is 1. The molecule has 0 radical (unpaired) electrons. The number of benzene rings is 1. The molecule has 23 heavy (non-hydrogen) atoms. The monoisotopic (exact) mass is 355 g/mol. The van der Waals surface area contributed by atoms with Crippen molar-refractivity contribution in [2.45, 2.75) is 12.8 Å². The fourth-order valence-electron chi connectivity index (χ4n) is 3.14. The van der Waals surface area contributed by atoms with Crippen molar-refractivity contribution in [2.75, 3.05) is 26.7 Å². The van der Waals surface area contributed by atoms with E-state index < -0.39 is 0 Å². The second kappa shape index (κ2) is 9.06. The smallest absolute Gasteiger partial charge is 0.273 e. The zero-order chi connectivity index (χ0) is 14.7. The lowest BCUT2D eigenvalue weighted by Crippen LogP contribution is -2.42. The highest BCUT2D eigenvalue weighted by molar-refractivity contribution is 6.05. The van der Waals surface area contributed by atoms with Crippen molar-refractivity contribution in [3.05, 3.63) is 42.2 Å². The number of carbonyl (C=O) groups is 1. The van der Waals surface area contributed by atoms with Gasteiger partial charge in [0, 0.05) is 24.7 Å². The number of fused-ring (bicyclic) bond motifs is 1. The minimum absolute atomic E-state index is 0. The topological polar surface area (TPSA) is 45.2 Å². The largest absolute Gasteiger partial charge is 0.337 e. The van der Waals surface area contributed by atoms with Gasteiger partial charge in [-0.2, -0.15) is 0 Å². The molecule has 1 aromatic heterocycles. The van der Waals surface area contributed by atoms with Gasteiger partial charge in [0.1, 0.15) is 5.69 Å². The highest BCUT2D eigenvalue weighted by Crippen LogP contribution is 2.21. The van der Waals surface area contributed by atoms with Crippen molar-refractivity contribution in [1.29, 1.82) is 0 Å². The first kappa shape index (κ1) is 19.7. The first-order valence-electron chi connectivity index (χ1n) is 7.57. The molecule has 1 fully saturated rings. The third-order valence-electron chi connectivity index (χ3n) is 4.18. The summed E-state index contributed by atoms with van der Waals surface area (Å²) in [5, 5.41) is 5.23. The Labute approximate surface area is 149 Å². The van der Waals surface area contributed by atoms with E-state index >= 15 is 0 Å². The summed E-state index contributed by atoms with van der Waals surface area (Å²) in [5.41, 5.74) is 0.582. The van der Waals surface area contributed by atoms with E-state index in [0.29, 0.717) is 11.6 Å². The number of hydrogen-bond donors (Lipinski definition) is 1. The van der Waals surface area contributed by atoms with Gasteiger partial charge < -0.3 is 10.2 Å². The maximum Gasteiger partial charge on any atom is 0.273 e. The summed E-state index contributed by atoms with van der Waals surface area (Å²) in [7, 11) is 1.97. The average Bonchev–Trinajstić information content (AvgIpc) is 2.54. The molecule has 1 unspecified atom stereocenters. The lowest BCUT2D eigenvalue weighted by Gasteiger charge is -2.32. The molecule has 4 nitrogen and oxygen atoms in total. The van der Waals surface area contributed by atoms with Crippen LogP contribution in [-0.2, 0) is 0 Å². The Hall–Kier alpha value is -1.36. The van der Waals surface area contributed by atoms with Gasteiger partial charge in [-0.3, -0.25) is 9.78 Å². The number of halogens is 2. The van der Waals surface area contributed by atoms with Crippen molar-refractivity contribution >= 4 is 41.5 Å². The van der Waals surface area contributed by atoms with Gasteiger partial charge in [-0.25, -0.2) is 0 Å². The summed E-state index contributed by atoms with van der Waals surface area (Å²) in [4.78, 5) is 19.1. The first-order valence-corrected chi connectivity index (χ1v) is 7.57. The molecule has 1 aliphatic heterocycles. The van der Waals surface area contributed by atoms with Crippen LogP contribution in [0.15, 0.2) is 36.5 Å². The number of rotatable bonds is 3. The molecule has 1 amide bonds. The maximum absolute atomic E-state index is 12.8. The predicted octanol–water partition coefficient (Wildman–Crippen LogP) is 3.15. The molecule has 0 bridgehead atoms. The Morgan fingerprint density at radius 1 is 1.30 bits per heavy atom. The van der Waals surface area contributed by atoms with Gasteiger partial charge in [0.15, 0.2) is 0 Å². The number of amides is 1. The molecule has 1 N–H and O–H groups in total. The van der Waals surface area contributed by atoms with Gasteiger partial charge in [0.2, 0.25) is 0 Å². The summed E-state index contributed by atoms with van der Waals surface area (Å²) in [5.74, 6) is 0.607. The maximum atomic E-state index is 12.8. The van der Waals surface area contributed by atoms with Gasteiger partial charge in [0.05, 0.1) is 0 Å². The van der Waals surface area contributed by atoms with Crippen LogP contribution < -0.4 is 5.32 Å². The minimum atomic E-state index is 0. The van der Waals surface area contributed by atoms with Crippen LogP contribution >= 0.6 is 24.8 Å². The molecule has 6 heteroatoms. The third-order valence-corrected chi connectivity index (χ3v) is 4.18. The standard InChI is InChI=1S/C17H21N3O.2ClH/c1-18-11-13-5-4-10-20(12-13)17(21)16-15-7-3-2-6-14(15)8-9-19-16;;/h2-3,6-9,13,18H,4-5,10-12H2,1H3;2*1H. The number of nitrogens with one attached hydrogen (secondary N) is 1. The normalized spacial score (nSPS) is 17.3. The lowest BCUT2D eigenvalue weighted by molar-refractivity contribution is 0.0670. The van der Waals surface area contributed by atoms with E-state index in [2.05, 4.69) is 10.3 Å². The fraction of sp³-hybridized carbons (Fsp3) is 0.412. The van der Waals surface area contributed by atoms with Crippen LogP contribution in [0.2, 0.25) is 0 Å². The highest BCUT2D eigenvalue weighted by atomic mass is 35.5. The van der Waals surface area contributed by atoms with E-state index in [1.807, 2.05) is 42.3 Å². The fourth-order valence-corrected chi connectivity index (χ4v) is 3.14. The molecule has 0 aliphatic carbocycles. The average molecular weight is 356 g/mol. The zero-order valence-electron chi connectivity index (χ0n) is 13.2. The van der Waals surface area contributed by atoms with E-state index in [4.69, 9.17) is 0 Å². The molecule has 2 heterocycles. The van der Waals surface area contributed by atoms with Crippen molar-refractivity contribution in [2.24, 2.45) is 5.92 Å². The Kier molecular flexibility index (Phi) is 7.76. The summed E-state index contributed by atoms with van der Waals surface area (Å²) in [6, 6.07) is 9.89. The summed E-state index contributed by atoms with van der Waals surface area (Å²) in [6.07, 6.45) is 3.99. The Morgan fingerprint density at radius 3 is 2.87 bits per heavy atom. The molecule has 1 saturated heterocycles. The van der Waals surface area contributed by atoms with E-state index in [1.165, 1.54) is 6.42 Å². The number of nitrogens with zero attached hydrogens (tertiary/aromatic N) is 2. The second-order valence-electron chi connectivity index (χ2n) is 5.70. The van der Waals surface area contributed by atoms with Crippen LogP contribution in [0.1, 0.15) is 23.3 Å². The van der Waals surface area contributed by atoms with Gasteiger partial charge in [-0.15, -0.1) is 24.8 Å². The molecular formula is C17H23Cl2N3O. The molecule has 2 aromatic rings. The van der Waals surface area contributed by atoms with Gasteiger partial charge in [0.25, 0.3) is 5.91 Å². The molecule has 0 saturated carbocycles. The highest BCUT2D eigenvalue weighted by Gasteiger charge is 2.25. The molecular weight excluding hydrogens is 333 g/mol. The van der Waals surface area contributed by atoms with Crippen molar-refractivity contribution in [3.63, 3.8) is 0 Å². The SMILES string of the molecule is CNCC1CCCN(C(=O)c2nccc3ccccc23)C1.Cl.Cl. The summed E-state index contributed by atoms with van der Waals surface area (Å²) in [6.45, 7) is 2.63. The van der Waals surface area contributed by atoms with Crippen molar-refractivity contribution in [3.8, 4) is 0 Å². The number of pyridine rings is 1. The van der Waals surface area contributed by atoms with Crippen molar-refractivity contribution < 1.29 is 4.79 Å². The van der Waals surface area contributed by atoms with E-state index in [1.54, 1.807) is 6.20 Å². The Balaban J connectivity index is 0.00000132. The molecule has 3 rings (SSSR count). The van der Waals surface area contributed by atoms with Gasteiger partial charge in [-0.1, -0.05) is 24.3 Å². The molecule has 1 aliphatic rings. The molecule has 1 atom stereocenters. The van der Waals surface area contributed by atoms with Gasteiger partial charge >= 0.3 is 0 Å². The first-order chi connectivity index (χ1) is 10.3. The van der Waals surface area contributed by atoms with Crippen LogP contribution in [0.5, 0.6) is 0 Å². The zero-order valence-corrected chi connectivity index (χ0v) is 14.8. The lowest BCUT2D eigenvalue weighted by atomic mass is 9.97. The number of hydrogen-bond acceptors (Lipinski definition) is 3. The molecule has 126 valence electrons. The van der Waals surface area contributed by atoms with Crippen LogP contribution in [-0.4, -0.2) is 42.5 Å². The minimum Gasteiger partial charge on any atom is -0.337 e. The van der Waals surface area contributed by atoms with Crippen LogP contribution in [0.3, 0.4) is 0 Å². The number of aromatic nitrogens is 1. The number of likely N-dealkylation sites (tertiary alicyclic amines) is 1. The summed E-state index contributed by atoms with van der Waals surface area (Å²) >= 11 is 0. The van der Waals surface area contributed by atoms with Crippen LogP contribution in [0.25, 0.3) is 10.8 Å². The predicted molar refractivity (Wildman–Crippen MR) is 98.8 cm³/mol. The molecule has 0 spiro atoms. The van der Waals surface area contributed by atoms with Gasteiger partial charge in [-0.05, 0) is 43.8 Å². The quantitative estimate of drug-likeness (QED) is 0.919. The third kappa shape index (κ3) is 4.34. The van der Waals surface area contributed by atoms with Crippen LogP contribution in [0, 0.1) is 5.92 Å². The summed E-state index contributed by atoms with van der Waals surface area (Å²) < 4.78 is 0. The molecule has 1 aromatic carbocycles. The van der Waals surface area contributed by atoms with Crippen LogP contribution in [0.4, 0.5) is 0 Å². The Bertz CT molecular complexity index is 643. The van der Waals surface area contributed by atoms with E-state index in [9.17, 15) is 4.79 Å². The Morgan fingerprint density at radius 2 is 2.09 bits per heavy atom.